The summed E-state index contributed by atoms with van der Waals surface area (Å²) < 4.78 is 0. The van der Waals surface area contributed by atoms with Crippen molar-refractivity contribution < 1.29 is 4.79 Å². The van der Waals surface area contributed by atoms with Crippen LogP contribution in [-0.2, 0) is 17.6 Å². The smallest absolute Gasteiger partial charge is 0.227 e. The highest BCUT2D eigenvalue weighted by Gasteiger charge is 2.24. The average molecular weight is 314 g/mol. The van der Waals surface area contributed by atoms with E-state index >= 15 is 0 Å². The number of amides is 1. The molecule has 22 heavy (non-hydrogen) atoms. The summed E-state index contributed by atoms with van der Waals surface area (Å²) >= 11 is 1.66. The Hall–Kier alpha value is -1.68. The minimum atomic E-state index is 0.268. The molecule has 2 aromatic heterocycles. The van der Waals surface area contributed by atoms with Crippen LogP contribution in [0.1, 0.15) is 29.1 Å². The molecule has 2 aromatic rings. The third kappa shape index (κ3) is 3.95. The summed E-state index contributed by atoms with van der Waals surface area (Å²) in [5, 5.41) is 2.03. The number of carbonyl (C=O) groups is 1. The molecule has 0 bridgehead atoms. The van der Waals surface area contributed by atoms with Crippen LogP contribution >= 0.6 is 11.3 Å². The van der Waals surface area contributed by atoms with E-state index in [0.29, 0.717) is 12.3 Å². The van der Waals surface area contributed by atoms with E-state index in [-0.39, 0.29) is 5.91 Å². The summed E-state index contributed by atoms with van der Waals surface area (Å²) in [5.74, 6) is 0.805. The van der Waals surface area contributed by atoms with Gasteiger partial charge in [-0.2, -0.15) is 0 Å². The van der Waals surface area contributed by atoms with Gasteiger partial charge in [-0.25, -0.2) is 0 Å². The van der Waals surface area contributed by atoms with Crippen molar-refractivity contribution in [2.75, 3.05) is 13.1 Å². The normalized spacial score (nSPS) is 18.4. The Morgan fingerprint density at radius 3 is 3.05 bits per heavy atom. The molecule has 1 saturated heterocycles. The number of carbonyl (C=O) groups excluding carboxylic acids is 1. The molecule has 0 aromatic carbocycles. The van der Waals surface area contributed by atoms with Crippen molar-refractivity contribution in [3.8, 4) is 0 Å². The number of aromatic nitrogens is 1. The molecule has 0 N–H and O–H groups in total. The molecule has 3 nitrogen and oxygen atoms in total. The molecule has 0 aliphatic carbocycles. The van der Waals surface area contributed by atoms with Crippen molar-refractivity contribution >= 4 is 17.2 Å². The fourth-order valence-electron chi connectivity index (χ4n) is 3.14. The van der Waals surface area contributed by atoms with E-state index in [4.69, 9.17) is 0 Å². The van der Waals surface area contributed by atoms with Crippen LogP contribution in [0.3, 0.4) is 0 Å². The number of nitrogens with zero attached hydrogens (tertiary/aromatic N) is 2. The molecule has 1 fully saturated rings. The number of piperidine rings is 1. The first-order chi connectivity index (χ1) is 10.7. The minimum Gasteiger partial charge on any atom is -0.342 e. The van der Waals surface area contributed by atoms with Gasteiger partial charge in [-0.1, -0.05) is 12.1 Å². The maximum Gasteiger partial charge on any atom is 0.227 e. The first-order valence-electron chi connectivity index (χ1n) is 7.93. The maximum absolute atomic E-state index is 12.4. The summed E-state index contributed by atoms with van der Waals surface area (Å²) in [6, 6.07) is 10.2. The highest BCUT2D eigenvalue weighted by molar-refractivity contribution is 7.10. The Bertz CT molecular complexity index is 624. The molecule has 1 aliphatic rings. The lowest BCUT2D eigenvalue weighted by Crippen LogP contribution is -2.41. The largest absolute Gasteiger partial charge is 0.342 e. The lowest BCUT2D eigenvalue weighted by molar-refractivity contribution is -0.132. The summed E-state index contributed by atoms with van der Waals surface area (Å²) in [5.41, 5.74) is 2.22. The minimum absolute atomic E-state index is 0.268. The molecule has 3 rings (SSSR count). The van der Waals surface area contributed by atoms with Crippen LogP contribution in [0.4, 0.5) is 0 Å². The Kier molecular flexibility index (Phi) is 4.88. The van der Waals surface area contributed by atoms with Crippen molar-refractivity contribution in [2.45, 2.75) is 32.6 Å². The van der Waals surface area contributed by atoms with Crippen molar-refractivity contribution in [3.63, 3.8) is 0 Å². The van der Waals surface area contributed by atoms with Crippen LogP contribution in [0.5, 0.6) is 0 Å². The topological polar surface area (TPSA) is 33.2 Å². The maximum atomic E-state index is 12.4. The van der Waals surface area contributed by atoms with Gasteiger partial charge in [0.2, 0.25) is 5.91 Å². The second kappa shape index (κ2) is 7.05. The van der Waals surface area contributed by atoms with Gasteiger partial charge in [-0.05, 0) is 55.7 Å². The molecule has 3 heterocycles. The van der Waals surface area contributed by atoms with Crippen LogP contribution < -0.4 is 0 Å². The number of likely N-dealkylation sites (tertiary alicyclic amines) is 1. The predicted molar refractivity (Wildman–Crippen MR) is 90.0 cm³/mol. The summed E-state index contributed by atoms with van der Waals surface area (Å²) in [4.78, 5) is 20.2. The molecule has 0 radical (unpaired) electrons. The second-order valence-corrected chi connectivity index (χ2v) is 7.11. The highest BCUT2D eigenvalue weighted by Crippen LogP contribution is 2.21. The van der Waals surface area contributed by atoms with E-state index in [9.17, 15) is 4.79 Å². The van der Waals surface area contributed by atoms with Gasteiger partial charge in [0, 0.05) is 29.4 Å². The monoisotopic (exact) mass is 314 g/mol. The molecule has 1 amide bonds. The first-order valence-corrected chi connectivity index (χ1v) is 8.81. The zero-order valence-electron chi connectivity index (χ0n) is 13.0. The number of hydrogen-bond donors (Lipinski definition) is 0. The van der Waals surface area contributed by atoms with Crippen LogP contribution in [-0.4, -0.2) is 28.9 Å². The van der Waals surface area contributed by atoms with Gasteiger partial charge in [-0.3, -0.25) is 9.78 Å². The third-order valence-corrected chi connectivity index (χ3v) is 5.10. The van der Waals surface area contributed by atoms with Crippen LogP contribution in [0.25, 0.3) is 0 Å². The van der Waals surface area contributed by atoms with Gasteiger partial charge < -0.3 is 4.90 Å². The fraction of sp³-hybridized carbons (Fsp3) is 0.444. The summed E-state index contributed by atoms with van der Waals surface area (Å²) in [6.07, 6.45) is 3.82. The quantitative estimate of drug-likeness (QED) is 0.865. The Balaban J connectivity index is 1.58. The number of hydrogen-bond acceptors (Lipinski definition) is 3. The van der Waals surface area contributed by atoms with Crippen LogP contribution in [0, 0.1) is 12.8 Å². The Labute approximate surface area is 136 Å². The SMILES string of the molecule is Cc1cccc(CC2CCCN(C(=O)Cc3cccs3)C2)n1. The molecular formula is C18H22N2OS. The standard InChI is InChI=1S/C18H22N2OS/c1-14-5-2-7-16(19-14)11-15-6-3-9-20(13-15)18(21)12-17-8-4-10-22-17/h2,4-5,7-8,10,15H,3,6,9,11-13H2,1H3. The van der Waals surface area contributed by atoms with E-state index in [0.717, 1.165) is 42.2 Å². The Morgan fingerprint density at radius 1 is 1.36 bits per heavy atom. The van der Waals surface area contributed by atoms with Gasteiger partial charge in [0.25, 0.3) is 0 Å². The molecule has 116 valence electrons. The number of aryl methyl sites for hydroxylation is 1. The fourth-order valence-corrected chi connectivity index (χ4v) is 3.84. The lowest BCUT2D eigenvalue weighted by atomic mass is 9.93. The van der Waals surface area contributed by atoms with E-state index in [1.807, 2.05) is 35.4 Å². The number of pyridine rings is 1. The predicted octanol–water partition coefficient (Wildman–Crippen LogP) is 3.48. The van der Waals surface area contributed by atoms with Crippen molar-refractivity contribution in [3.05, 3.63) is 52.0 Å². The van der Waals surface area contributed by atoms with Gasteiger partial charge >= 0.3 is 0 Å². The summed E-state index contributed by atoms with van der Waals surface area (Å²) in [7, 11) is 0. The second-order valence-electron chi connectivity index (χ2n) is 6.08. The average Bonchev–Trinajstić information content (AvgIpc) is 3.00. The van der Waals surface area contributed by atoms with E-state index < -0.39 is 0 Å². The van der Waals surface area contributed by atoms with E-state index in [2.05, 4.69) is 17.1 Å². The van der Waals surface area contributed by atoms with Crippen LogP contribution in [0.15, 0.2) is 35.7 Å². The number of thiophene rings is 1. The molecule has 1 aliphatic heterocycles. The lowest BCUT2D eigenvalue weighted by Gasteiger charge is -2.32. The zero-order chi connectivity index (χ0) is 15.4. The molecule has 1 unspecified atom stereocenters. The van der Waals surface area contributed by atoms with Crippen molar-refractivity contribution in [1.29, 1.82) is 0 Å². The van der Waals surface area contributed by atoms with Crippen molar-refractivity contribution in [2.24, 2.45) is 5.92 Å². The summed E-state index contributed by atoms with van der Waals surface area (Å²) in [6.45, 7) is 3.81. The van der Waals surface area contributed by atoms with E-state index in [1.165, 1.54) is 6.42 Å². The van der Waals surface area contributed by atoms with Gasteiger partial charge in [0.1, 0.15) is 0 Å². The highest BCUT2D eigenvalue weighted by atomic mass is 32.1. The first kappa shape index (κ1) is 15.2. The van der Waals surface area contributed by atoms with Gasteiger partial charge in [0.15, 0.2) is 0 Å². The molecular weight excluding hydrogens is 292 g/mol. The van der Waals surface area contributed by atoms with Crippen molar-refractivity contribution in [1.82, 2.24) is 9.88 Å². The van der Waals surface area contributed by atoms with Gasteiger partial charge in [0.05, 0.1) is 6.42 Å². The molecule has 0 saturated carbocycles. The zero-order valence-corrected chi connectivity index (χ0v) is 13.8. The Morgan fingerprint density at radius 2 is 2.27 bits per heavy atom. The molecule has 0 spiro atoms. The molecule has 4 heteroatoms. The van der Waals surface area contributed by atoms with Gasteiger partial charge in [-0.15, -0.1) is 11.3 Å². The number of rotatable bonds is 4. The van der Waals surface area contributed by atoms with Crippen LogP contribution in [0.2, 0.25) is 0 Å². The van der Waals surface area contributed by atoms with E-state index in [1.54, 1.807) is 11.3 Å². The third-order valence-electron chi connectivity index (χ3n) is 4.22. The molecule has 1 atom stereocenters.